The molecule has 5 atom stereocenters. The second-order valence-corrected chi connectivity index (χ2v) is 19.0. The third-order valence-electron chi connectivity index (χ3n) is 13.3. The number of fused-ring (bicyclic) bond motifs is 6. The summed E-state index contributed by atoms with van der Waals surface area (Å²) in [6.45, 7) is 12.5. The van der Waals surface area contributed by atoms with Crippen LogP contribution in [0.2, 0.25) is 0 Å². The van der Waals surface area contributed by atoms with Gasteiger partial charge in [0, 0.05) is 67.8 Å². The molecular weight excluding hydrogens is 861 g/mol. The number of halogens is 2. The molecule has 67 heavy (non-hydrogen) atoms. The van der Waals surface area contributed by atoms with Crippen LogP contribution < -0.4 is 10.7 Å². The third-order valence-corrected chi connectivity index (χ3v) is 13.3. The first-order valence-corrected chi connectivity index (χ1v) is 23.3. The predicted molar refractivity (Wildman–Crippen MR) is 250 cm³/mol. The van der Waals surface area contributed by atoms with Gasteiger partial charge in [-0.15, -0.1) is 0 Å². The number of nitrogens with one attached hydrogen (secondary N) is 2. The topological polar surface area (TPSA) is 155 Å². The molecule has 2 saturated heterocycles. The number of alkyl halides is 2. The fraction of sp³-hybridized carbons (Fsp3) is 0.490. The van der Waals surface area contributed by atoms with Crippen molar-refractivity contribution < 1.29 is 42.2 Å². The number of methoxy groups -OCH3 is 1. The summed E-state index contributed by atoms with van der Waals surface area (Å²) in [5.41, 5.74) is 9.75. The van der Waals surface area contributed by atoms with E-state index in [2.05, 4.69) is 66.9 Å². The molecule has 0 spiro atoms. The van der Waals surface area contributed by atoms with E-state index in [9.17, 15) is 24.0 Å². The monoisotopic (exact) mass is 923 g/mol. The number of rotatable bonds is 11. The maximum atomic E-state index is 15.1. The first kappa shape index (κ1) is 48.9. The lowest BCUT2D eigenvalue weighted by Crippen LogP contribution is -2.63. The molecule has 3 aliphatic heterocycles. The summed E-state index contributed by atoms with van der Waals surface area (Å²) in [5, 5.41) is 5.10. The van der Waals surface area contributed by atoms with Crippen molar-refractivity contribution in [2.45, 2.75) is 111 Å². The zero-order chi connectivity index (χ0) is 48.3. The van der Waals surface area contributed by atoms with Crippen LogP contribution in [0, 0.1) is 17.3 Å². The fourth-order valence-electron chi connectivity index (χ4n) is 9.85. The smallest absolute Gasteiger partial charge is 0.324 e. The average Bonchev–Trinajstić information content (AvgIpc) is 3.94. The standard InChI is InChI=1S/C51H63F2N7O7/c1-9-42(61)57-23-20-35(28-57)47(63)60(50(52)53)44(30(3)4)46(62)55-40-25-32-14-11-15-33(24-32)34-18-19-41-37(26-34)38(45(58(41)10-2)36-16-12-21-54-43(36)31(5)66-8)27-51(6,7)29-67-49(65)39-17-13-22-59(56-39)48(40)64/h9,11-12,14-16,18-19,21,24,26,30-31,35,39-40,44,50,56H,1,10,13,17,20,22-23,25,27-29H2,2-8H3,(H,55,62)/t31-,35-,39-,40-,44?/m0/s1. The minimum atomic E-state index is -3.35. The Morgan fingerprint density at radius 3 is 2.52 bits per heavy atom. The molecule has 358 valence electrons. The molecule has 16 heteroatoms. The van der Waals surface area contributed by atoms with Gasteiger partial charge in [0.05, 0.1) is 30.0 Å². The highest BCUT2D eigenvalue weighted by molar-refractivity contribution is 5.96. The Balaban J connectivity index is 1.30. The van der Waals surface area contributed by atoms with Crippen molar-refractivity contribution in [2.75, 3.05) is 33.4 Å². The normalized spacial score (nSPS) is 20.9. The van der Waals surface area contributed by atoms with Gasteiger partial charge in [-0.05, 0) is 98.0 Å². The van der Waals surface area contributed by atoms with Crippen LogP contribution in [0.5, 0.6) is 0 Å². The predicted octanol–water partition coefficient (Wildman–Crippen LogP) is 6.86. The van der Waals surface area contributed by atoms with Crippen LogP contribution >= 0.6 is 0 Å². The molecule has 2 aromatic carbocycles. The Morgan fingerprint density at radius 1 is 1.06 bits per heavy atom. The second kappa shape index (κ2) is 20.5. The maximum absolute atomic E-state index is 15.1. The number of pyridine rings is 1. The number of ether oxygens (including phenoxy) is 2. The number of carbonyl (C=O) groups is 5. The van der Waals surface area contributed by atoms with Crippen LogP contribution in [0.1, 0.15) is 83.7 Å². The number of aromatic nitrogens is 2. The fourth-order valence-corrected chi connectivity index (χ4v) is 9.85. The minimum Gasteiger partial charge on any atom is -0.464 e. The zero-order valence-electron chi connectivity index (χ0n) is 39.5. The molecule has 4 amide bonds. The van der Waals surface area contributed by atoms with E-state index in [1.807, 2.05) is 37.3 Å². The molecule has 7 rings (SSSR count). The molecular formula is C51H63F2N7O7. The van der Waals surface area contributed by atoms with E-state index in [4.69, 9.17) is 14.5 Å². The van der Waals surface area contributed by atoms with Gasteiger partial charge in [-0.3, -0.25) is 38.9 Å². The lowest BCUT2D eigenvalue weighted by atomic mass is 9.84. The number of esters is 1. The molecule has 3 aliphatic rings. The number of benzene rings is 2. The molecule has 2 N–H and O–H groups in total. The minimum absolute atomic E-state index is 0.0418. The van der Waals surface area contributed by atoms with Crippen LogP contribution in [0.25, 0.3) is 33.3 Å². The molecule has 1 unspecified atom stereocenters. The van der Waals surface area contributed by atoms with Gasteiger partial charge in [0.1, 0.15) is 18.1 Å². The first-order chi connectivity index (χ1) is 32.0. The maximum Gasteiger partial charge on any atom is 0.324 e. The number of aryl methyl sites for hydroxylation is 1. The third kappa shape index (κ3) is 10.3. The lowest BCUT2D eigenvalue weighted by molar-refractivity contribution is -0.163. The molecule has 0 radical (unpaired) electrons. The number of hydrogen-bond donors (Lipinski definition) is 2. The summed E-state index contributed by atoms with van der Waals surface area (Å²) in [6.07, 6.45) is 4.06. The summed E-state index contributed by atoms with van der Waals surface area (Å²) in [7, 11) is 1.66. The van der Waals surface area contributed by atoms with Crippen molar-refractivity contribution in [2.24, 2.45) is 17.3 Å². The van der Waals surface area contributed by atoms with Crippen molar-refractivity contribution in [3.8, 4) is 22.4 Å². The van der Waals surface area contributed by atoms with Gasteiger partial charge in [-0.1, -0.05) is 64.6 Å². The number of likely N-dealkylation sites (tertiary alicyclic amines) is 1. The van der Waals surface area contributed by atoms with E-state index in [-0.39, 0.29) is 45.2 Å². The average molecular weight is 924 g/mol. The van der Waals surface area contributed by atoms with Crippen LogP contribution in [0.3, 0.4) is 0 Å². The summed E-state index contributed by atoms with van der Waals surface area (Å²) in [6, 6.07) is 14.1. The van der Waals surface area contributed by atoms with E-state index in [1.54, 1.807) is 27.2 Å². The van der Waals surface area contributed by atoms with Crippen LogP contribution in [-0.4, -0.2) is 112 Å². The van der Waals surface area contributed by atoms with E-state index < -0.39 is 71.5 Å². The molecule has 0 saturated carbocycles. The van der Waals surface area contributed by atoms with Crippen LogP contribution in [0.4, 0.5) is 8.78 Å². The number of amides is 4. The van der Waals surface area contributed by atoms with Gasteiger partial charge in [0.25, 0.3) is 5.91 Å². The molecule has 2 aromatic heterocycles. The van der Waals surface area contributed by atoms with Crippen molar-refractivity contribution >= 4 is 40.5 Å². The van der Waals surface area contributed by atoms with Gasteiger partial charge in [0.2, 0.25) is 17.7 Å². The summed E-state index contributed by atoms with van der Waals surface area (Å²) in [5.74, 6) is -5.18. The Hall–Kier alpha value is -6.00. The molecule has 6 bridgehead atoms. The largest absolute Gasteiger partial charge is 0.464 e. The SMILES string of the molecule is C=CC(=O)N1CC[C@H](C(=O)N(C(F)F)C(C(=O)N[C@H]2Cc3cccc(c3)-c3ccc4c(c3)c(c(-c3cccnc3[C@H](C)OC)n4CC)CC(C)(C)COC(=O)[C@@H]3CCCN(N3)C2=O)C(C)C)C1. The number of hydrogen-bond acceptors (Lipinski definition) is 9. The van der Waals surface area contributed by atoms with Crippen LogP contribution in [0.15, 0.2) is 73.4 Å². The van der Waals surface area contributed by atoms with Crippen molar-refractivity contribution in [1.82, 2.24) is 35.1 Å². The van der Waals surface area contributed by atoms with E-state index in [0.717, 1.165) is 50.6 Å². The molecule has 2 fully saturated rings. The first-order valence-electron chi connectivity index (χ1n) is 23.3. The Labute approximate surface area is 391 Å². The lowest BCUT2D eigenvalue weighted by Gasteiger charge is -2.37. The van der Waals surface area contributed by atoms with Crippen LogP contribution in [-0.2, 0) is 52.8 Å². The molecule has 0 aliphatic carbocycles. The molecule has 5 heterocycles. The Kier molecular flexibility index (Phi) is 14.9. The zero-order valence-corrected chi connectivity index (χ0v) is 39.5. The van der Waals surface area contributed by atoms with E-state index in [0.29, 0.717) is 36.3 Å². The summed E-state index contributed by atoms with van der Waals surface area (Å²) in [4.78, 5) is 75.6. The molecule has 14 nitrogen and oxygen atoms in total. The quantitative estimate of drug-likeness (QED) is 0.0934. The van der Waals surface area contributed by atoms with Crippen molar-refractivity contribution in [3.63, 3.8) is 0 Å². The van der Waals surface area contributed by atoms with Gasteiger partial charge in [-0.2, -0.15) is 8.78 Å². The number of cyclic esters (lactones) is 1. The Morgan fingerprint density at radius 2 is 1.82 bits per heavy atom. The highest BCUT2D eigenvalue weighted by Crippen LogP contribution is 2.42. The highest BCUT2D eigenvalue weighted by Gasteiger charge is 2.44. The van der Waals surface area contributed by atoms with Crippen molar-refractivity contribution in [1.29, 1.82) is 0 Å². The second-order valence-electron chi connectivity index (χ2n) is 19.0. The Bertz CT molecular complexity index is 2520. The van der Waals surface area contributed by atoms with E-state index in [1.165, 1.54) is 9.91 Å². The summed E-state index contributed by atoms with van der Waals surface area (Å²) >= 11 is 0. The number of hydrazine groups is 1. The molecule has 4 aromatic rings. The van der Waals surface area contributed by atoms with Gasteiger partial charge >= 0.3 is 12.5 Å². The van der Waals surface area contributed by atoms with Gasteiger partial charge in [0.15, 0.2) is 0 Å². The number of nitrogens with zero attached hydrogens (tertiary/aromatic N) is 5. The summed E-state index contributed by atoms with van der Waals surface area (Å²) < 4.78 is 44.3. The van der Waals surface area contributed by atoms with Gasteiger partial charge < -0.3 is 24.3 Å². The number of carbonyl (C=O) groups excluding carboxylic acids is 5. The van der Waals surface area contributed by atoms with Gasteiger partial charge in [-0.25, -0.2) is 5.43 Å². The van der Waals surface area contributed by atoms with Crippen molar-refractivity contribution in [3.05, 3.63) is 90.3 Å². The highest BCUT2D eigenvalue weighted by atomic mass is 19.3. The van der Waals surface area contributed by atoms with E-state index >= 15 is 8.78 Å².